The molecule has 0 saturated carbocycles. The maximum absolute atomic E-state index is 12.9. The van der Waals surface area contributed by atoms with Gasteiger partial charge >= 0.3 is 19.5 Å². The van der Waals surface area contributed by atoms with Crippen molar-refractivity contribution in [1.82, 2.24) is 0 Å². The van der Waals surface area contributed by atoms with Gasteiger partial charge in [0.1, 0.15) is 11.9 Å². The van der Waals surface area contributed by atoms with Crippen LogP contribution in [0.5, 0.6) is 0 Å². The number of carboxylic acid groups (broad SMARTS) is 1. The Kier molecular flexibility index (Phi) is 8.43. The van der Waals surface area contributed by atoms with Crippen molar-refractivity contribution in [3.05, 3.63) is 35.9 Å². The maximum atomic E-state index is 12.9. The van der Waals surface area contributed by atoms with E-state index in [2.05, 4.69) is 0 Å². The summed E-state index contributed by atoms with van der Waals surface area (Å²) >= 11 is 0. The number of nitrogens with two attached hydrogens (primary N) is 1. The third kappa shape index (κ3) is 5.92. The first kappa shape index (κ1) is 22.3. The van der Waals surface area contributed by atoms with Crippen LogP contribution in [0, 0.1) is 5.92 Å². The largest absolute Gasteiger partial charge is 0.481 e. The molecule has 0 heterocycles. The molecule has 146 valence electrons. The standard InChI is InChI=1S/C17H26NO7P/c1-4-24-26(22,25-5-2)17(3,18)11-14(15(19)20)16(21)23-12-13-9-7-6-8-10-13/h6-10,14H,4-5,11-12,18H2,1-3H3,(H,19,20). The summed E-state index contributed by atoms with van der Waals surface area (Å²) in [5, 5.41) is 7.73. The Labute approximate surface area is 153 Å². The van der Waals surface area contributed by atoms with Crippen LogP contribution in [0.1, 0.15) is 32.8 Å². The van der Waals surface area contributed by atoms with E-state index in [0.717, 1.165) is 5.56 Å². The zero-order valence-corrected chi connectivity index (χ0v) is 16.1. The van der Waals surface area contributed by atoms with Crippen LogP contribution in [0.25, 0.3) is 0 Å². The Morgan fingerprint density at radius 3 is 2.19 bits per heavy atom. The van der Waals surface area contributed by atoms with E-state index in [-0.39, 0.29) is 19.8 Å². The fourth-order valence-corrected chi connectivity index (χ4v) is 4.05. The lowest BCUT2D eigenvalue weighted by Gasteiger charge is -2.33. The Bertz CT molecular complexity index is 638. The molecule has 26 heavy (non-hydrogen) atoms. The van der Waals surface area contributed by atoms with Gasteiger partial charge in [-0.1, -0.05) is 30.3 Å². The van der Waals surface area contributed by atoms with E-state index in [1.165, 1.54) is 6.92 Å². The van der Waals surface area contributed by atoms with E-state index >= 15 is 0 Å². The Balaban J connectivity index is 2.89. The molecule has 0 spiro atoms. The molecule has 0 aliphatic rings. The second kappa shape index (κ2) is 9.83. The molecule has 0 fully saturated rings. The Morgan fingerprint density at radius 1 is 1.19 bits per heavy atom. The second-order valence-electron chi connectivity index (χ2n) is 5.88. The van der Waals surface area contributed by atoms with Crippen LogP contribution in [0.3, 0.4) is 0 Å². The summed E-state index contributed by atoms with van der Waals surface area (Å²) in [5.74, 6) is -3.97. The Hall–Kier alpha value is -1.73. The third-order valence-electron chi connectivity index (χ3n) is 3.65. The summed E-state index contributed by atoms with van der Waals surface area (Å²) in [6, 6.07) is 8.84. The average Bonchev–Trinajstić information content (AvgIpc) is 2.58. The minimum absolute atomic E-state index is 0.0697. The number of esters is 1. The minimum Gasteiger partial charge on any atom is -0.481 e. The Morgan fingerprint density at radius 2 is 1.73 bits per heavy atom. The maximum Gasteiger partial charge on any atom is 0.350 e. The molecule has 1 rings (SSSR count). The molecule has 1 aromatic carbocycles. The smallest absolute Gasteiger partial charge is 0.350 e. The lowest BCUT2D eigenvalue weighted by atomic mass is 10.0. The summed E-state index contributed by atoms with van der Waals surface area (Å²) in [6.45, 7) is 4.65. The fourth-order valence-electron chi connectivity index (χ4n) is 2.30. The SMILES string of the molecule is CCOP(=O)(OCC)C(C)(N)CC(C(=O)O)C(=O)OCc1ccccc1. The van der Waals surface area contributed by atoms with Gasteiger partial charge in [-0.2, -0.15) is 0 Å². The van der Waals surface area contributed by atoms with Gasteiger partial charge in [0.2, 0.25) is 0 Å². The van der Waals surface area contributed by atoms with Crippen LogP contribution in [-0.2, 0) is 34.5 Å². The number of hydrogen-bond donors (Lipinski definition) is 2. The first-order valence-electron chi connectivity index (χ1n) is 8.28. The van der Waals surface area contributed by atoms with E-state index in [9.17, 15) is 19.3 Å². The van der Waals surface area contributed by atoms with Crippen LogP contribution in [-0.4, -0.2) is 35.5 Å². The van der Waals surface area contributed by atoms with E-state index in [4.69, 9.17) is 19.5 Å². The lowest BCUT2D eigenvalue weighted by Crippen LogP contribution is -2.43. The van der Waals surface area contributed by atoms with Crippen molar-refractivity contribution < 1.29 is 33.0 Å². The van der Waals surface area contributed by atoms with Crippen LogP contribution in [0.2, 0.25) is 0 Å². The highest BCUT2D eigenvalue weighted by Gasteiger charge is 2.48. The molecule has 2 atom stereocenters. The van der Waals surface area contributed by atoms with E-state index in [0.29, 0.717) is 0 Å². The summed E-state index contributed by atoms with van der Waals surface area (Å²) in [4.78, 5) is 23.8. The molecular formula is C17H26NO7P. The highest BCUT2D eigenvalue weighted by Crippen LogP contribution is 2.59. The van der Waals surface area contributed by atoms with Gasteiger partial charge in [-0.05, 0) is 26.3 Å². The number of rotatable bonds is 11. The van der Waals surface area contributed by atoms with Crippen molar-refractivity contribution in [3.63, 3.8) is 0 Å². The predicted molar refractivity (Wildman–Crippen MR) is 95.4 cm³/mol. The van der Waals surface area contributed by atoms with E-state index < -0.39 is 37.2 Å². The molecule has 0 aliphatic heterocycles. The molecule has 0 amide bonds. The number of ether oxygens (including phenoxy) is 1. The van der Waals surface area contributed by atoms with Crippen LogP contribution < -0.4 is 5.73 Å². The average molecular weight is 387 g/mol. The topological polar surface area (TPSA) is 125 Å². The van der Waals surface area contributed by atoms with Gasteiger partial charge < -0.3 is 24.6 Å². The first-order chi connectivity index (χ1) is 12.2. The molecule has 0 aliphatic carbocycles. The van der Waals surface area contributed by atoms with E-state index in [1.807, 2.05) is 6.07 Å². The molecule has 0 aromatic heterocycles. The second-order valence-corrected chi connectivity index (χ2v) is 8.41. The van der Waals surface area contributed by atoms with Crippen LogP contribution in [0.4, 0.5) is 0 Å². The van der Waals surface area contributed by atoms with Crippen molar-refractivity contribution in [2.75, 3.05) is 13.2 Å². The number of carbonyl (C=O) groups is 2. The molecule has 2 unspecified atom stereocenters. The molecule has 0 saturated heterocycles. The van der Waals surface area contributed by atoms with Crippen molar-refractivity contribution >= 4 is 19.5 Å². The number of carboxylic acids is 1. The number of aliphatic carboxylic acids is 1. The van der Waals surface area contributed by atoms with Gasteiger partial charge in [-0.25, -0.2) is 0 Å². The lowest BCUT2D eigenvalue weighted by molar-refractivity contribution is -0.160. The van der Waals surface area contributed by atoms with Crippen molar-refractivity contribution in [2.45, 2.75) is 39.1 Å². The van der Waals surface area contributed by atoms with Crippen molar-refractivity contribution in [1.29, 1.82) is 0 Å². The van der Waals surface area contributed by atoms with Crippen molar-refractivity contribution in [3.8, 4) is 0 Å². The first-order valence-corrected chi connectivity index (χ1v) is 9.82. The van der Waals surface area contributed by atoms with Gasteiger partial charge in [0.15, 0.2) is 5.92 Å². The summed E-state index contributed by atoms with van der Waals surface area (Å²) < 4.78 is 28.3. The highest BCUT2D eigenvalue weighted by molar-refractivity contribution is 7.55. The number of hydrogen-bond acceptors (Lipinski definition) is 7. The van der Waals surface area contributed by atoms with Crippen molar-refractivity contribution in [2.24, 2.45) is 11.7 Å². The van der Waals surface area contributed by atoms with Gasteiger partial charge in [0.25, 0.3) is 0 Å². The van der Waals surface area contributed by atoms with E-state index in [1.54, 1.807) is 38.1 Å². The summed E-state index contributed by atoms with van der Waals surface area (Å²) in [6.07, 6.45) is -0.451. The molecular weight excluding hydrogens is 361 g/mol. The highest BCUT2D eigenvalue weighted by atomic mass is 31.2. The molecule has 0 radical (unpaired) electrons. The van der Waals surface area contributed by atoms with Gasteiger partial charge in [-0.3, -0.25) is 14.2 Å². The molecule has 8 nitrogen and oxygen atoms in total. The van der Waals surface area contributed by atoms with Gasteiger partial charge in [-0.15, -0.1) is 0 Å². The normalized spacial score (nSPS) is 15.1. The molecule has 0 bridgehead atoms. The zero-order valence-electron chi connectivity index (χ0n) is 15.2. The minimum atomic E-state index is -3.83. The number of carbonyl (C=O) groups excluding carboxylic acids is 1. The summed E-state index contributed by atoms with van der Waals surface area (Å²) in [7, 11) is -3.83. The third-order valence-corrected chi connectivity index (χ3v) is 6.28. The van der Waals surface area contributed by atoms with Crippen LogP contribution >= 0.6 is 7.60 Å². The zero-order chi connectivity index (χ0) is 19.8. The van der Waals surface area contributed by atoms with Gasteiger partial charge in [0, 0.05) is 6.42 Å². The fraction of sp³-hybridized carbons (Fsp3) is 0.529. The predicted octanol–water partition coefficient (Wildman–Crippen LogP) is 2.76. The monoisotopic (exact) mass is 387 g/mol. The molecule has 1 aromatic rings. The summed E-state index contributed by atoms with van der Waals surface area (Å²) in [5.41, 5.74) is 6.78. The van der Waals surface area contributed by atoms with Gasteiger partial charge in [0.05, 0.1) is 13.2 Å². The molecule has 3 N–H and O–H groups in total. The molecule has 9 heteroatoms. The quantitative estimate of drug-likeness (QED) is 0.337. The number of benzene rings is 1. The van der Waals surface area contributed by atoms with Crippen LogP contribution in [0.15, 0.2) is 30.3 Å².